The van der Waals surface area contributed by atoms with Gasteiger partial charge in [0.05, 0.1) is 5.56 Å². The number of nitrogens with one attached hydrogen (secondary N) is 1. The highest BCUT2D eigenvalue weighted by atomic mass is 79.9. The Balaban J connectivity index is 2.17. The van der Waals surface area contributed by atoms with E-state index in [1.807, 2.05) is 0 Å². The second kappa shape index (κ2) is 5.61. The lowest BCUT2D eigenvalue weighted by atomic mass is 9.73. The smallest absolute Gasteiger partial charge is 0.255 e. The van der Waals surface area contributed by atoms with Crippen molar-refractivity contribution in [2.75, 3.05) is 0 Å². The molecule has 19 heavy (non-hydrogen) atoms. The zero-order valence-corrected chi connectivity index (χ0v) is 12.9. The molecule has 1 aromatic rings. The summed E-state index contributed by atoms with van der Waals surface area (Å²) in [6.07, 6.45) is 4.37. The first-order chi connectivity index (χ1) is 8.92. The van der Waals surface area contributed by atoms with Crippen LogP contribution >= 0.6 is 15.9 Å². The highest BCUT2D eigenvalue weighted by Crippen LogP contribution is 2.35. The molecule has 0 aliphatic heterocycles. The zero-order valence-electron chi connectivity index (χ0n) is 11.3. The monoisotopic (exact) mass is 327 g/mol. The van der Waals surface area contributed by atoms with Gasteiger partial charge in [-0.3, -0.25) is 4.79 Å². The van der Waals surface area contributed by atoms with E-state index in [2.05, 4.69) is 35.1 Å². The van der Waals surface area contributed by atoms with E-state index in [0.29, 0.717) is 4.47 Å². The highest BCUT2D eigenvalue weighted by Gasteiger charge is 2.33. The summed E-state index contributed by atoms with van der Waals surface area (Å²) >= 11 is 3.24. The average Bonchev–Trinajstić information content (AvgIpc) is 2.31. The maximum Gasteiger partial charge on any atom is 0.255 e. The molecule has 1 amide bonds. The van der Waals surface area contributed by atoms with Gasteiger partial charge in [-0.25, -0.2) is 4.39 Å². The third-order valence-corrected chi connectivity index (χ3v) is 4.66. The fraction of sp³-hybridized carbons (Fsp3) is 0.533. The molecule has 0 bridgehead atoms. The van der Waals surface area contributed by atoms with E-state index in [-0.39, 0.29) is 22.9 Å². The molecule has 1 N–H and O–H groups in total. The van der Waals surface area contributed by atoms with Crippen LogP contribution in [0.1, 0.15) is 49.9 Å². The lowest BCUT2D eigenvalue weighted by Gasteiger charge is -2.39. The Morgan fingerprint density at radius 1 is 1.42 bits per heavy atom. The Morgan fingerprint density at radius 3 is 2.79 bits per heavy atom. The van der Waals surface area contributed by atoms with Crippen LogP contribution < -0.4 is 5.32 Å². The topological polar surface area (TPSA) is 29.1 Å². The third-order valence-electron chi connectivity index (χ3n) is 4.00. The summed E-state index contributed by atoms with van der Waals surface area (Å²) in [6, 6.07) is 4.69. The Labute approximate surface area is 121 Å². The summed E-state index contributed by atoms with van der Waals surface area (Å²) in [5.74, 6) is -0.814. The van der Waals surface area contributed by atoms with Gasteiger partial charge in [-0.2, -0.15) is 0 Å². The van der Waals surface area contributed by atoms with Crippen molar-refractivity contribution in [1.82, 2.24) is 5.32 Å². The molecule has 1 fully saturated rings. The molecule has 1 aliphatic carbocycles. The normalized spacial score (nSPS) is 22.0. The van der Waals surface area contributed by atoms with Crippen LogP contribution in [0.5, 0.6) is 0 Å². The molecular weight excluding hydrogens is 309 g/mol. The maximum atomic E-state index is 13.8. The minimum absolute atomic E-state index is 0.0750. The maximum absolute atomic E-state index is 13.8. The van der Waals surface area contributed by atoms with Gasteiger partial charge >= 0.3 is 0 Å². The molecular formula is C15H19BrFNO. The summed E-state index contributed by atoms with van der Waals surface area (Å²) in [7, 11) is 0. The van der Waals surface area contributed by atoms with Crippen LogP contribution in [0.3, 0.4) is 0 Å². The van der Waals surface area contributed by atoms with Crippen LogP contribution in [0.4, 0.5) is 4.39 Å². The summed E-state index contributed by atoms with van der Waals surface area (Å²) < 4.78 is 14.3. The van der Waals surface area contributed by atoms with Crippen LogP contribution in [0.25, 0.3) is 0 Å². The minimum Gasteiger partial charge on any atom is -0.349 e. The quantitative estimate of drug-likeness (QED) is 0.862. The Hall–Kier alpha value is -0.900. The molecule has 1 unspecified atom stereocenters. The second-order valence-electron chi connectivity index (χ2n) is 5.86. The number of rotatable bonds is 2. The van der Waals surface area contributed by atoms with Crippen LogP contribution in [0.2, 0.25) is 0 Å². The van der Waals surface area contributed by atoms with Crippen LogP contribution in [0.15, 0.2) is 22.7 Å². The van der Waals surface area contributed by atoms with Crippen molar-refractivity contribution in [3.05, 3.63) is 34.1 Å². The Morgan fingerprint density at radius 2 is 2.16 bits per heavy atom. The van der Waals surface area contributed by atoms with Crippen molar-refractivity contribution < 1.29 is 9.18 Å². The van der Waals surface area contributed by atoms with Gasteiger partial charge in [-0.1, -0.05) is 32.8 Å². The number of hydrogen-bond donors (Lipinski definition) is 1. The van der Waals surface area contributed by atoms with Gasteiger partial charge in [0, 0.05) is 10.5 Å². The summed E-state index contributed by atoms with van der Waals surface area (Å²) in [4.78, 5) is 12.3. The average molecular weight is 328 g/mol. The van der Waals surface area contributed by atoms with Crippen LogP contribution in [-0.2, 0) is 0 Å². The first kappa shape index (κ1) is 14.5. The van der Waals surface area contributed by atoms with Crippen LogP contribution in [-0.4, -0.2) is 11.9 Å². The van der Waals surface area contributed by atoms with Crippen molar-refractivity contribution in [3.8, 4) is 0 Å². The molecule has 104 valence electrons. The SMILES string of the molecule is CC1(C)CCCCC1NC(=O)c1c(F)cccc1Br. The molecule has 1 aliphatic rings. The van der Waals surface area contributed by atoms with Crippen LogP contribution in [0, 0.1) is 11.2 Å². The first-order valence-electron chi connectivity index (χ1n) is 6.67. The molecule has 2 nitrogen and oxygen atoms in total. The van der Waals surface area contributed by atoms with E-state index in [9.17, 15) is 9.18 Å². The van der Waals surface area contributed by atoms with Gasteiger partial charge < -0.3 is 5.32 Å². The van der Waals surface area contributed by atoms with Crippen molar-refractivity contribution in [2.45, 2.75) is 45.6 Å². The number of hydrogen-bond acceptors (Lipinski definition) is 1. The van der Waals surface area contributed by atoms with Gasteiger partial charge in [0.1, 0.15) is 5.82 Å². The number of carbonyl (C=O) groups is 1. The molecule has 4 heteroatoms. The number of halogens is 2. The van der Waals surface area contributed by atoms with E-state index in [1.165, 1.54) is 12.5 Å². The zero-order chi connectivity index (χ0) is 14.0. The van der Waals surface area contributed by atoms with E-state index in [4.69, 9.17) is 0 Å². The molecule has 0 aromatic heterocycles. The van der Waals surface area contributed by atoms with E-state index in [0.717, 1.165) is 19.3 Å². The fourth-order valence-corrected chi connectivity index (χ4v) is 3.23. The Bertz CT molecular complexity index is 467. The molecule has 0 saturated heterocycles. The number of benzene rings is 1. The fourth-order valence-electron chi connectivity index (χ4n) is 2.71. The van der Waals surface area contributed by atoms with Gasteiger partial charge in [0.15, 0.2) is 0 Å². The van der Waals surface area contributed by atoms with E-state index in [1.54, 1.807) is 12.1 Å². The van der Waals surface area contributed by atoms with Crippen molar-refractivity contribution in [2.24, 2.45) is 5.41 Å². The standard InChI is InChI=1S/C15H19BrFNO/c1-15(2)9-4-3-8-12(15)18-14(19)13-10(16)6-5-7-11(13)17/h5-7,12H,3-4,8-9H2,1-2H3,(H,18,19). The predicted molar refractivity (Wildman–Crippen MR) is 77.6 cm³/mol. The largest absolute Gasteiger partial charge is 0.349 e. The third kappa shape index (κ3) is 3.16. The first-order valence-corrected chi connectivity index (χ1v) is 7.46. The van der Waals surface area contributed by atoms with E-state index < -0.39 is 5.82 Å². The molecule has 0 heterocycles. The minimum atomic E-state index is -0.486. The molecule has 1 aromatic carbocycles. The molecule has 1 saturated carbocycles. The van der Waals surface area contributed by atoms with Gasteiger partial charge in [-0.15, -0.1) is 0 Å². The number of amides is 1. The highest BCUT2D eigenvalue weighted by molar-refractivity contribution is 9.10. The molecule has 1 atom stereocenters. The number of carbonyl (C=O) groups excluding carboxylic acids is 1. The molecule has 2 rings (SSSR count). The molecule has 0 spiro atoms. The van der Waals surface area contributed by atoms with Gasteiger partial charge in [0.25, 0.3) is 5.91 Å². The Kier molecular flexibility index (Phi) is 4.29. The van der Waals surface area contributed by atoms with Gasteiger partial charge in [-0.05, 0) is 46.3 Å². The molecule has 0 radical (unpaired) electrons. The van der Waals surface area contributed by atoms with Gasteiger partial charge in [0.2, 0.25) is 0 Å². The summed E-state index contributed by atoms with van der Waals surface area (Å²) in [5, 5.41) is 3.00. The predicted octanol–water partition coefficient (Wildman–Crippen LogP) is 4.29. The van der Waals surface area contributed by atoms with E-state index >= 15 is 0 Å². The lowest BCUT2D eigenvalue weighted by Crippen LogP contribution is -2.47. The summed E-state index contributed by atoms with van der Waals surface area (Å²) in [6.45, 7) is 4.32. The van der Waals surface area contributed by atoms with Crippen molar-refractivity contribution >= 4 is 21.8 Å². The lowest BCUT2D eigenvalue weighted by molar-refractivity contribution is 0.0848. The van der Waals surface area contributed by atoms with Crippen molar-refractivity contribution in [1.29, 1.82) is 0 Å². The van der Waals surface area contributed by atoms with Crippen molar-refractivity contribution in [3.63, 3.8) is 0 Å². The summed E-state index contributed by atoms with van der Waals surface area (Å²) in [5.41, 5.74) is 0.176. The second-order valence-corrected chi connectivity index (χ2v) is 6.71.